The van der Waals surface area contributed by atoms with E-state index in [1.165, 1.54) is 11.3 Å². The van der Waals surface area contributed by atoms with Gasteiger partial charge in [-0.05, 0) is 47.2 Å². The van der Waals surface area contributed by atoms with E-state index in [0.717, 1.165) is 22.4 Å². The van der Waals surface area contributed by atoms with Crippen LogP contribution >= 0.6 is 11.3 Å². The number of amides is 2. The van der Waals surface area contributed by atoms with Gasteiger partial charge in [-0.1, -0.05) is 44.2 Å². The molecular formula is C24H24N4O2S. The molecule has 1 atom stereocenters. The van der Waals surface area contributed by atoms with E-state index in [1.54, 1.807) is 18.2 Å². The molecule has 6 nitrogen and oxygen atoms in total. The molecule has 1 unspecified atom stereocenters. The first-order valence-electron chi connectivity index (χ1n) is 10.2. The van der Waals surface area contributed by atoms with E-state index in [4.69, 9.17) is 0 Å². The van der Waals surface area contributed by atoms with Crippen molar-refractivity contribution in [1.82, 2.24) is 20.6 Å². The molecule has 0 fully saturated rings. The van der Waals surface area contributed by atoms with Crippen molar-refractivity contribution in [2.45, 2.75) is 26.4 Å². The molecule has 0 aliphatic rings. The molecule has 0 radical (unpaired) electrons. The van der Waals surface area contributed by atoms with Gasteiger partial charge in [0, 0.05) is 12.1 Å². The number of fused-ring (bicyclic) bond motifs is 1. The lowest BCUT2D eigenvalue weighted by Gasteiger charge is -2.20. The maximum Gasteiger partial charge on any atom is 0.261 e. The van der Waals surface area contributed by atoms with Gasteiger partial charge in [0.1, 0.15) is 5.82 Å². The van der Waals surface area contributed by atoms with Gasteiger partial charge in [-0.2, -0.15) is 0 Å². The predicted molar refractivity (Wildman–Crippen MR) is 123 cm³/mol. The third kappa shape index (κ3) is 4.83. The second kappa shape index (κ2) is 9.14. The first-order chi connectivity index (χ1) is 15.0. The Hall–Kier alpha value is -3.45. The van der Waals surface area contributed by atoms with Gasteiger partial charge in [0.2, 0.25) is 0 Å². The van der Waals surface area contributed by atoms with Crippen LogP contribution in [0.4, 0.5) is 0 Å². The molecule has 2 aromatic carbocycles. The summed E-state index contributed by atoms with van der Waals surface area (Å²) in [5, 5.41) is 7.86. The van der Waals surface area contributed by atoms with Crippen molar-refractivity contribution in [2.24, 2.45) is 5.92 Å². The van der Waals surface area contributed by atoms with E-state index in [1.807, 2.05) is 47.8 Å². The first kappa shape index (κ1) is 20.8. The number of para-hydroxylation sites is 2. The van der Waals surface area contributed by atoms with Crippen molar-refractivity contribution in [1.29, 1.82) is 0 Å². The minimum atomic E-state index is -0.232. The molecule has 0 saturated carbocycles. The second-order valence-electron chi connectivity index (χ2n) is 7.69. The zero-order valence-corrected chi connectivity index (χ0v) is 18.2. The van der Waals surface area contributed by atoms with Gasteiger partial charge in [-0.3, -0.25) is 9.59 Å². The molecule has 2 heterocycles. The molecule has 0 saturated heterocycles. The highest BCUT2D eigenvalue weighted by Crippen LogP contribution is 2.22. The second-order valence-corrected chi connectivity index (χ2v) is 8.64. The number of nitrogens with one attached hydrogen (secondary N) is 3. The SMILES string of the molecule is CC(C)C(NC(=O)c1ccc(CNC(=O)c2cccs2)cc1)c1nc2ccccc2[nH]1. The van der Waals surface area contributed by atoms with Crippen LogP contribution in [0.15, 0.2) is 66.0 Å². The quantitative estimate of drug-likeness (QED) is 0.396. The molecule has 3 N–H and O–H groups in total. The summed E-state index contributed by atoms with van der Waals surface area (Å²) in [5.41, 5.74) is 3.33. The Morgan fingerprint density at radius 1 is 1.00 bits per heavy atom. The number of aromatic amines is 1. The normalized spacial score (nSPS) is 12.1. The number of nitrogens with zero attached hydrogens (tertiary/aromatic N) is 1. The first-order valence-corrected chi connectivity index (χ1v) is 11.1. The third-order valence-corrected chi connectivity index (χ3v) is 5.94. The van der Waals surface area contributed by atoms with Crippen LogP contribution in [0, 0.1) is 5.92 Å². The van der Waals surface area contributed by atoms with E-state index in [2.05, 4.69) is 34.4 Å². The number of imidazole rings is 1. The molecule has 0 bridgehead atoms. The molecule has 158 valence electrons. The van der Waals surface area contributed by atoms with Crippen LogP contribution in [0.25, 0.3) is 11.0 Å². The van der Waals surface area contributed by atoms with Gasteiger partial charge >= 0.3 is 0 Å². The average molecular weight is 433 g/mol. The number of benzene rings is 2. The number of aromatic nitrogens is 2. The average Bonchev–Trinajstić information content (AvgIpc) is 3.45. The van der Waals surface area contributed by atoms with Crippen molar-refractivity contribution in [3.05, 3.63) is 87.9 Å². The number of rotatable bonds is 7. The zero-order valence-electron chi connectivity index (χ0n) is 17.4. The molecule has 4 rings (SSSR count). The van der Waals surface area contributed by atoms with Gasteiger partial charge in [0.25, 0.3) is 11.8 Å². The summed E-state index contributed by atoms with van der Waals surface area (Å²) in [5.74, 6) is 0.657. The van der Waals surface area contributed by atoms with Crippen molar-refractivity contribution in [2.75, 3.05) is 0 Å². The van der Waals surface area contributed by atoms with Gasteiger partial charge in [-0.25, -0.2) is 4.98 Å². The Bertz CT molecular complexity index is 1150. The lowest BCUT2D eigenvalue weighted by atomic mass is 10.0. The van der Waals surface area contributed by atoms with Crippen LogP contribution in [-0.2, 0) is 6.54 Å². The van der Waals surface area contributed by atoms with Crippen LogP contribution in [0.2, 0.25) is 0 Å². The number of thiophene rings is 1. The fourth-order valence-electron chi connectivity index (χ4n) is 3.35. The van der Waals surface area contributed by atoms with E-state index >= 15 is 0 Å². The van der Waals surface area contributed by atoms with E-state index in [-0.39, 0.29) is 23.8 Å². The monoisotopic (exact) mass is 432 g/mol. The lowest BCUT2D eigenvalue weighted by Crippen LogP contribution is -2.32. The summed E-state index contributed by atoms with van der Waals surface area (Å²) < 4.78 is 0. The highest BCUT2D eigenvalue weighted by molar-refractivity contribution is 7.12. The minimum Gasteiger partial charge on any atom is -0.347 e. The summed E-state index contributed by atoms with van der Waals surface area (Å²) in [6, 6.07) is 18.5. The third-order valence-electron chi connectivity index (χ3n) is 5.07. The van der Waals surface area contributed by atoms with Gasteiger partial charge in [-0.15, -0.1) is 11.3 Å². The summed E-state index contributed by atoms with van der Waals surface area (Å²) >= 11 is 1.41. The molecule has 2 aromatic heterocycles. The smallest absolute Gasteiger partial charge is 0.261 e. The molecule has 2 amide bonds. The van der Waals surface area contributed by atoms with Gasteiger partial charge in [0.05, 0.1) is 22.0 Å². The van der Waals surface area contributed by atoms with Crippen LogP contribution in [0.3, 0.4) is 0 Å². The Balaban J connectivity index is 1.41. The molecule has 7 heteroatoms. The van der Waals surface area contributed by atoms with E-state index in [0.29, 0.717) is 17.0 Å². The molecule has 0 aliphatic heterocycles. The maximum absolute atomic E-state index is 12.9. The standard InChI is InChI=1S/C24H24N4O2S/c1-15(2)21(22-26-18-6-3-4-7-19(18)27-22)28-23(29)17-11-9-16(10-12-17)14-25-24(30)20-8-5-13-31-20/h3-13,15,21H,14H2,1-2H3,(H,25,30)(H,26,27)(H,28,29). The van der Waals surface area contributed by atoms with Crippen LogP contribution in [0.1, 0.15) is 51.3 Å². The van der Waals surface area contributed by atoms with Crippen molar-refractivity contribution < 1.29 is 9.59 Å². The predicted octanol–water partition coefficient (Wildman–Crippen LogP) is 4.68. The highest BCUT2D eigenvalue weighted by Gasteiger charge is 2.22. The van der Waals surface area contributed by atoms with Crippen LogP contribution in [-0.4, -0.2) is 21.8 Å². The van der Waals surface area contributed by atoms with Crippen LogP contribution < -0.4 is 10.6 Å². The number of H-pyrrole nitrogens is 1. The molecule has 0 spiro atoms. The molecule has 4 aromatic rings. The summed E-state index contributed by atoms with van der Waals surface area (Å²) in [7, 11) is 0. The summed E-state index contributed by atoms with van der Waals surface area (Å²) in [6.45, 7) is 4.52. The van der Waals surface area contributed by atoms with Crippen LogP contribution in [0.5, 0.6) is 0 Å². The Kier molecular flexibility index (Phi) is 6.13. The number of carbonyl (C=O) groups excluding carboxylic acids is 2. The molecular weight excluding hydrogens is 408 g/mol. The van der Waals surface area contributed by atoms with Gasteiger partial charge in [0.15, 0.2) is 0 Å². The Morgan fingerprint density at radius 2 is 1.77 bits per heavy atom. The maximum atomic E-state index is 12.9. The number of carbonyl (C=O) groups is 2. The topological polar surface area (TPSA) is 86.9 Å². The Morgan fingerprint density at radius 3 is 2.45 bits per heavy atom. The Labute approximate surface area is 184 Å². The van der Waals surface area contributed by atoms with E-state index in [9.17, 15) is 9.59 Å². The fourth-order valence-corrected chi connectivity index (χ4v) is 3.99. The molecule has 31 heavy (non-hydrogen) atoms. The summed E-state index contributed by atoms with van der Waals surface area (Å²) in [6.07, 6.45) is 0. The number of hydrogen-bond acceptors (Lipinski definition) is 4. The zero-order chi connectivity index (χ0) is 21.8. The van der Waals surface area contributed by atoms with Crippen molar-refractivity contribution in [3.8, 4) is 0 Å². The molecule has 0 aliphatic carbocycles. The minimum absolute atomic E-state index is 0.0950. The highest BCUT2D eigenvalue weighted by atomic mass is 32.1. The van der Waals surface area contributed by atoms with Crippen molar-refractivity contribution in [3.63, 3.8) is 0 Å². The summed E-state index contributed by atoms with van der Waals surface area (Å²) in [4.78, 5) is 33.6. The van der Waals surface area contributed by atoms with Crippen molar-refractivity contribution >= 4 is 34.2 Å². The lowest BCUT2D eigenvalue weighted by molar-refractivity contribution is 0.0921. The van der Waals surface area contributed by atoms with E-state index < -0.39 is 0 Å². The fraction of sp³-hybridized carbons (Fsp3) is 0.208. The largest absolute Gasteiger partial charge is 0.347 e. The number of hydrogen-bond donors (Lipinski definition) is 3. The van der Waals surface area contributed by atoms with Gasteiger partial charge < -0.3 is 15.6 Å².